The minimum absolute atomic E-state index is 0.272. The maximum absolute atomic E-state index is 12.1. The molecule has 0 fully saturated rings. The van der Waals surface area contributed by atoms with Crippen LogP contribution in [-0.2, 0) is 0 Å². The molecule has 0 bridgehead atoms. The summed E-state index contributed by atoms with van der Waals surface area (Å²) in [5, 5.41) is 9.04. The second-order valence-corrected chi connectivity index (χ2v) is 7.26. The van der Waals surface area contributed by atoms with Crippen LogP contribution in [0.5, 0.6) is 0 Å². The highest BCUT2D eigenvalue weighted by Gasteiger charge is 2.07. The number of anilines is 1. The van der Waals surface area contributed by atoms with Crippen molar-refractivity contribution in [3.05, 3.63) is 64.7 Å². The van der Waals surface area contributed by atoms with Crippen molar-refractivity contribution in [3.63, 3.8) is 0 Å². The number of aliphatic imine (C=N–C) groups is 1. The molecule has 0 saturated heterocycles. The summed E-state index contributed by atoms with van der Waals surface area (Å²) in [4.78, 5) is 16.5. The van der Waals surface area contributed by atoms with Gasteiger partial charge in [-0.25, -0.2) is 5.43 Å². The van der Waals surface area contributed by atoms with Gasteiger partial charge in [-0.15, -0.1) is 0 Å². The van der Waals surface area contributed by atoms with Gasteiger partial charge in [-0.1, -0.05) is 35.5 Å². The molecule has 26 heavy (non-hydrogen) atoms. The summed E-state index contributed by atoms with van der Waals surface area (Å²) in [6.45, 7) is 2.73. The number of thioether (sulfide) groups is 1. The summed E-state index contributed by atoms with van der Waals surface area (Å²) < 4.78 is 0. The molecule has 0 atom stereocenters. The van der Waals surface area contributed by atoms with Gasteiger partial charge in [0.15, 0.2) is 5.17 Å². The lowest BCUT2D eigenvalue weighted by atomic mass is 10.1. The van der Waals surface area contributed by atoms with Crippen LogP contribution in [0.3, 0.4) is 0 Å². The van der Waals surface area contributed by atoms with E-state index < -0.39 is 0 Å². The number of hydrogen-bond donors (Lipinski definition) is 2. The SMILES string of the molecule is C/C(=N/NC(=O)c1ccc(Cl)cc1)c1ccc(NC2=NCCCS2)cc1. The molecule has 1 aliphatic rings. The summed E-state index contributed by atoms with van der Waals surface area (Å²) in [6, 6.07) is 14.6. The largest absolute Gasteiger partial charge is 0.335 e. The van der Waals surface area contributed by atoms with Gasteiger partial charge in [-0.05, 0) is 55.3 Å². The first-order valence-corrected chi connectivity index (χ1v) is 9.63. The number of amidine groups is 1. The highest BCUT2D eigenvalue weighted by atomic mass is 35.5. The van der Waals surface area contributed by atoms with Crippen molar-refractivity contribution in [3.8, 4) is 0 Å². The molecule has 0 aromatic heterocycles. The van der Waals surface area contributed by atoms with E-state index in [2.05, 4.69) is 20.8 Å². The Morgan fingerprint density at radius 3 is 2.46 bits per heavy atom. The highest BCUT2D eigenvalue weighted by molar-refractivity contribution is 8.14. The van der Waals surface area contributed by atoms with Gasteiger partial charge in [-0.3, -0.25) is 9.79 Å². The van der Waals surface area contributed by atoms with E-state index in [1.165, 1.54) is 0 Å². The first kappa shape index (κ1) is 18.5. The number of carbonyl (C=O) groups excluding carboxylic acids is 1. The second kappa shape index (κ2) is 8.87. The molecule has 0 saturated carbocycles. The van der Waals surface area contributed by atoms with Gasteiger partial charge in [-0.2, -0.15) is 5.10 Å². The van der Waals surface area contributed by atoms with E-state index in [1.54, 1.807) is 36.0 Å². The van der Waals surface area contributed by atoms with Crippen molar-refractivity contribution < 1.29 is 4.79 Å². The third-order valence-electron chi connectivity index (χ3n) is 3.78. The molecule has 7 heteroatoms. The fourth-order valence-corrected chi connectivity index (χ4v) is 3.28. The zero-order valence-electron chi connectivity index (χ0n) is 14.3. The molecule has 0 aliphatic carbocycles. The summed E-state index contributed by atoms with van der Waals surface area (Å²) >= 11 is 7.56. The van der Waals surface area contributed by atoms with Crippen LogP contribution in [-0.4, -0.2) is 29.1 Å². The van der Waals surface area contributed by atoms with Gasteiger partial charge >= 0.3 is 0 Å². The molecule has 2 N–H and O–H groups in total. The zero-order chi connectivity index (χ0) is 18.4. The average molecular weight is 387 g/mol. The van der Waals surface area contributed by atoms with Crippen LogP contribution in [0.1, 0.15) is 29.3 Å². The monoisotopic (exact) mass is 386 g/mol. The van der Waals surface area contributed by atoms with Crippen molar-refractivity contribution in [2.75, 3.05) is 17.6 Å². The number of amides is 1. The Balaban J connectivity index is 1.60. The van der Waals surface area contributed by atoms with Crippen LogP contribution in [0.4, 0.5) is 5.69 Å². The standard InChI is InChI=1S/C19H19ClN4OS/c1-13(23-24-18(25)15-3-7-16(20)8-4-15)14-5-9-17(10-6-14)22-19-21-11-2-12-26-19/h3-10H,2,11-12H2,1H3,(H,21,22)(H,24,25)/b23-13-. The normalized spacial score (nSPS) is 14.5. The minimum atomic E-state index is -0.272. The van der Waals surface area contributed by atoms with E-state index >= 15 is 0 Å². The molecule has 134 valence electrons. The van der Waals surface area contributed by atoms with Crippen LogP contribution in [0, 0.1) is 0 Å². The van der Waals surface area contributed by atoms with Crippen molar-refractivity contribution >= 4 is 45.8 Å². The zero-order valence-corrected chi connectivity index (χ0v) is 15.9. The van der Waals surface area contributed by atoms with Gasteiger partial charge < -0.3 is 5.32 Å². The lowest BCUT2D eigenvalue weighted by Gasteiger charge is -2.13. The highest BCUT2D eigenvalue weighted by Crippen LogP contribution is 2.17. The Morgan fingerprint density at radius 1 is 1.12 bits per heavy atom. The van der Waals surface area contributed by atoms with Crippen LogP contribution < -0.4 is 10.7 Å². The number of benzene rings is 2. The van der Waals surface area contributed by atoms with Gasteiger partial charge in [0.05, 0.1) is 5.71 Å². The second-order valence-electron chi connectivity index (χ2n) is 5.74. The maximum Gasteiger partial charge on any atom is 0.271 e. The Kier molecular flexibility index (Phi) is 6.30. The molecular formula is C19H19ClN4OS. The predicted molar refractivity (Wildman–Crippen MR) is 111 cm³/mol. The molecule has 1 amide bonds. The fourth-order valence-electron chi connectivity index (χ4n) is 2.32. The molecule has 0 radical (unpaired) electrons. The number of nitrogens with zero attached hydrogens (tertiary/aromatic N) is 2. The molecule has 0 unspecified atom stereocenters. The number of rotatable bonds is 4. The van der Waals surface area contributed by atoms with Gasteiger partial charge in [0.2, 0.25) is 0 Å². The first-order valence-electron chi connectivity index (χ1n) is 8.27. The van der Waals surface area contributed by atoms with E-state index in [4.69, 9.17) is 11.6 Å². The van der Waals surface area contributed by atoms with Gasteiger partial charge in [0.1, 0.15) is 0 Å². The number of hydrogen-bond acceptors (Lipinski definition) is 5. The van der Waals surface area contributed by atoms with E-state index in [-0.39, 0.29) is 5.91 Å². The summed E-state index contributed by atoms with van der Waals surface area (Å²) in [6.07, 6.45) is 1.13. The number of carbonyl (C=O) groups is 1. The Labute approximate surface area is 161 Å². The molecule has 5 nitrogen and oxygen atoms in total. The van der Waals surface area contributed by atoms with Crippen LogP contribution in [0.25, 0.3) is 0 Å². The Bertz CT molecular complexity index is 832. The maximum atomic E-state index is 12.1. The molecule has 2 aromatic carbocycles. The summed E-state index contributed by atoms with van der Waals surface area (Å²) in [7, 11) is 0. The third-order valence-corrected chi connectivity index (χ3v) is 5.03. The minimum Gasteiger partial charge on any atom is -0.335 e. The average Bonchev–Trinajstić information content (AvgIpc) is 2.68. The van der Waals surface area contributed by atoms with E-state index in [0.717, 1.165) is 40.8 Å². The van der Waals surface area contributed by atoms with Gasteiger partial charge in [0.25, 0.3) is 5.91 Å². The number of nitrogens with one attached hydrogen (secondary N) is 2. The van der Waals surface area contributed by atoms with E-state index in [1.807, 2.05) is 31.2 Å². The quantitative estimate of drug-likeness (QED) is 0.604. The summed E-state index contributed by atoms with van der Waals surface area (Å²) in [5.74, 6) is 0.829. The van der Waals surface area contributed by atoms with Crippen LogP contribution in [0.15, 0.2) is 58.6 Å². The van der Waals surface area contributed by atoms with E-state index in [0.29, 0.717) is 10.6 Å². The molecule has 1 heterocycles. The van der Waals surface area contributed by atoms with Gasteiger partial charge in [0, 0.05) is 28.6 Å². The molecule has 2 aromatic rings. The Morgan fingerprint density at radius 2 is 1.81 bits per heavy atom. The molecular weight excluding hydrogens is 368 g/mol. The smallest absolute Gasteiger partial charge is 0.271 e. The van der Waals surface area contributed by atoms with Crippen molar-refractivity contribution in [1.82, 2.24) is 5.43 Å². The van der Waals surface area contributed by atoms with Crippen molar-refractivity contribution in [2.24, 2.45) is 10.1 Å². The lowest BCUT2D eigenvalue weighted by molar-refractivity contribution is 0.0955. The van der Waals surface area contributed by atoms with E-state index in [9.17, 15) is 4.79 Å². The van der Waals surface area contributed by atoms with Crippen LogP contribution in [0.2, 0.25) is 5.02 Å². The number of halogens is 1. The van der Waals surface area contributed by atoms with Crippen LogP contribution >= 0.6 is 23.4 Å². The molecule has 0 spiro atoms. The Hall–Kier alpha value is -2.31. The first-order chi connectivity index (χ1) is 12.6. The molecule has 3 rings (SSSR count). The topological polar surface area (TPSA) is 65.8 Å². The number of hydrazone groups is 1. The third kappa shape index (κ3) is 5.09. The predicted octanol–water partition coefficient (Wildman–Crippen LogP) is 4.40. The lowest BCUT2D eigenvalue weighted by Crippen LogP contribution is -2.19. The summed E-state index contributed by atoms with van der Waals surface area (Å²) in [5.41, 5.74) is 5.72. The van der Waals surface area contributed by atoms with Crippen molar-refractivity contribution in [1.29, 1.82) is 0 Å². The van der Waals surface area contributed by atoms with Crippen molar-refractivity contribution in [2.45, 2.75) is 13.3 Å². The molecule has 1 aliphatic heterocycles. The fraction of sp³-hybridized carbons (Fsp3) is 0.211.